The van der Waals surface area contributed by atoms with Gasteiger partial charge >= 0.3 is 0 Å². The Balaban J connectivity index is 2.65. The van der Waals surface area contributed by atoms with E-state index in [0.717, 1.165) is 5.56 Å². The van der Waals surface area contributed by atoms with Gasteiger partial charge in [0, 0.05) is 6.08 Å². The first kappa shape index (κ1) is 17.3. The number of aldehydes is 1. The molecular formula is C18H18O4. The number of carbonyl (C=O) groups is 3. The Morgan fingerprint density at radius 3 is 2.36 bits per heavy atom. The number of benzene rings is 1. The lowest BCUT2D eigenvalue weighted by Crippen LogP contribution is -2.07. The first-order valence-corrected chi connectivity index (χ1v) is 6.75. The minimum Gasteiger partial charge on any atom is -0.496 e. The second-order valence-corrected chi connectivity index (χ2v) is 4.63. The molecule has 0 N–H and O–H groups in total. The fourth-order valence-corrected chi connectivity index (χ4v) is 1.55. The maximum Gasteiger partial charge on any atom is 0.192 e. The van der Waals surface area contributed by atoms with E-state index in [1.54, 1.807) is 6.92 Å². The molecule has 0 spiro atoms. The quantitative estimate of drug-likeness (QED) is 0.185. The highest BCUT2D eigenvalue weighted by molar-refractivity contribution is 6.23. The summed E-state index contributed by atoms with van der Waals surface area (Å²) in [6, 6.07) is 9.51. The number of Topliss-reactive ketones (excluding diaryl/α,β-unsaturated/α-hetero) is 1. The molecule has 0 saturated heterocycles. The van der Waals surface area contributed by atoms with Gasteiger partial charge in [0.1, 0.15) is 12.9 Å². The molecule has 0 saturated carbocycles. The smallest absolute Gasteiger partial charge is 0.192 e. The maximum atomic E-state index is 11.9. The average molecular weight is 298 g/mol. The molecule has 1 aromatic carbocycles. The first-order valence-electron chi connectivity index (χ1n) is 6.75. The highest BCUT2D eigenvalue weighted by Crippen LogP contribution is 2.04. The van der Waals surface area contributed by atoms with Crippen LogP contribution in [0.3, 0.4) is 0 Å². The van der Waals surface area contributed by atoms with Gasteiger partial charge in [0.05, 0.1) is 11.8 Å². The standard InChI is InChI=1S/C18H18O4/c1-14(12-19)8-9-17(15(2)20)18(21)10-11-22-13-16-6-4-3-5-7-16/h3-12H,13H2,1-2H3/b11-10+,14-8+,17-9-. The van der Waals surface area contributed by atoms with Gasteiger partial charge in [-0.25, -0.2) is 0 Å². The van der Waals surface area contributed by atoms with Crippen LogP contribution in [0.1, 0.15) is 19.4 Å². The van der Waals surface area contributed by atoms with Crippen LogP contribution >= 0.6 is 0 Å². The molecule has 4 nitrogen and oxygen atoms in total. The van der Waals surface area contributed by atoms with Crippen molar-refractivity contribution in [1.82, 2.24) is 0 Å². The van der Waals surface area contributed by atoms with Crippen LogP contribution in [0.15, 0.2) is 66.0 Å². The number of ketones is 2. The highest BCUT2D eigenvalue weighted by Gasteiger charge is 2.10. The van der Waals surface area contributed by atoms with Gasteiger partial charge in [-0.05, 0) is 31.1 Å². The summed E-state index contributed by atoms with van der Waals surface area (Å²) in [5, 5.41) is 0. The molecular weight excluding hydrogens is 280 g/mol. The molecule has 4 heteroatoms. The van der Waals surface area contributed by atoms with Gasteiger partial charge < -0.3 is 4.74 Å². The summed E-state index contributed by atoms with van der Waals surface area (Å²) in [7, 11) is 0. The number of hydrogen-bond donors (Lipinski definition) is 0. The normalized spacial score (nSPS) is 12.3. The Bertz CT molecular complexity index is 622. The SMILES string of the molecule is CC(=O)/C(=C/C=C(\C)C=O)C(=O)/C=C/OCc1ccccc1. The number of allylic oxidation sites excluding steroid dienone is 5. The van der Waals surface area contributed by atoms with E-state index in [4.69, 9.17) is 4.74 Å². The summed E-state index contributed by atoms with van der Waals surface area (Å²) in [5.41, 5.74) is 1.41. The predicted octanol–water partition coefficient (Wildman–Crippen LogP) is 2.95. The van der Waals surface area contributed by atoms with Crippen molar-refractivity contribution in [2.45, 2.75) is 20.5 Å². The van der Waals surface area contributed by atoms with Crippen molar-refractivity contribution in [1.29, 1.82) is 0 Å². The molecule has 0 bridgehead atoms. The number of carbonyl (C=O) groups excluding carboxylic acids is 3. The molecule has 0 fully saturated rings. The van der Waals surface area contributed by atoms with E-state index in [2.05, 4.69) is 0 Å². The van der Waals surface area contributed by atoms with E-state index >= 15 is 0 Å². The molecule has 0 radical (unpaired) electrons. The minimum absolute atomic E-state index is 0.000705. The molecule has 1 rings (SSSR count). The van der Waals surface area contributed by atoms with Crippen LogP contribution in [0.25, 0.3) is 0 Å². The second kappa shape index (κ2) is 9.23. The molecule has 114 valence electrons. The summed E-state index contributed by atoms with van der Waals surface area (Å²) in [6.45, 7) is 3.23. The third kappa shape index (κ3) is 6.13. The van der Waals surface area contributed by atoms with E-state index in [9.17, 15) is 14.4 Å². The van der Waals surface area contributed by atoms with Gasteiger partial charge in [0.2, 0.25) is 0 Å². The third-order valence-corrected chi connectivity index (χ3v) is 2.75. The summed E-state index contributed by atoms with van der Waals surface area (Å²) < 4.78 is 5.26. The van der Waals surface area contributed by atoms with Crippen molar-refractivity contribution in [3.8, 4) is 0 Å². The van der Waals surface area contributed by atoms with Gasteiger partial charge in [-0.3, -0.25) is 14.4 Å². The van der Waals surface area contributed by atoms with Crippen molar-refractivity contribution in [2.75, 3.05) is 0 Å². The lowest BCUT2D eigenvalue weighted by molar-refractivity contribution is -0.118. The van der Waals surface area contributed by atoms with E-state index < -0.39 is 5.78 Å². The topological polar surface area (TPSA) is 60.4 Å². The summed E-state index contributed by atoms with van der Waals surface area (Å²) in [6.07, 6.45) is 5.89. The monoisotopic (exact) mass is 298 g/mol. The molecule has 0 aliphatic heterocycles. The van der Waals surface area contributed by atoms with Crippen LogP contribution in [0.4, 0.5) is 0 Å². The number of rotatable bonds is 8. The van der Waals surface area contributed by atoms with Crippen LogP contribution in [-0.4, -0.2) is 17.9 Å². The Morgan fingerprint density at radius 1 is 1.09 bits per heavy atom. The van der Waals surface area contributed by atoms with E-state index in [1.165, 1.54) is 31.4 Å². The maximum absolute atomic E-state index is 11.9. The van der Waals surface area contributed by atoms with Crippen LogP contribution in [0.2, 0.25) is 0 Å². The van der Waals surface area contributed by atoms with Crippen LogP contribution < -0.4 is 0 Å². The first-order chi connectivity index (χ1) is 10.5. The average Bonchev–Trinajstić information content (AvgIpc) is 2.52. The highest BCUT2D eigenvalue weighted by atomic mass is 16.5. The molecule has 0 aromatic heterocycles. The number of hydrogen-bond acceptors (Lipinski definition) is 4. The Labute approximate surface area is 129 Å². The van der Waals surface area contributed by atoms with Crippen molar-refractivity contribution in [2.24, 2.45) is 0 Å². The fraction of sp³-hybridized carbons (Fsp3) is 0.167. The molecule has 1 aromatic rings. The van der Waals surface area contributed by atoms with Gasteiger partial charge in [-0.15, -0.1) is 0 Å². The van der Waals surface area contributed by atoms with Crippen molar-refractivity contribution >= 4 is 17.9 Å². The van der Waals surface area contributed by atoms with Crippen molar-refractivity contribution in [3.05, 3.63) is 71.5 Å². The largest absolute Gasteiger partial charge is 0.496 e. The lowest BCUT2D eigenvalue weighted by atomic mass is 10.1. The summed E-state index contributed by atoms with van der Waals surface area (Å²) >= 11 is 0. The minimum atomic E-state index is -0.462. The van der Waals surface area contributed by atoms with E-state index in [0.29, 0.717) is 18.5 Å². The summed E-state index contributed by atoms with van der Waals surface area (Å²) in [4.78, 5) is 33.9. The fourth-order valence-electron chi connectivity index (χ4n) is 1.55. The summed E-state index contributed by atoms with van der Waals surface area (Å²) in [5.74, 6) is -0.830. The zero-order valence-corrected chi connectivity index (χ0v) is 12.6. The molecule has 0 amide bonds. The Morgan fingerprint density at radius 2 is 1.77 bits per heavy atom. The van der Waals surface area contributed by atoms with Gasteiger partial charge in [0.15, 0.2) is 11.6 Å². The lowest BCUT2D eigenvalue weighted by Gasteiger charge is -2.01. The van der Waals surface area contributed by atoms with Gasteiger partial charge in [0.25, 0.3) is 0 Å². The van der Waals surface area contributed by atoms with Gasteiger partial charge in [-0.1, -0.05) is 36.4 Å². The third-order valence-electron chi connectivity index (χ3n) is 2.75. The molecule has 0 atom stereocenters. The molecule has 0 aliphatic carbocycles. The number of ether oxygens (including phenoxy) is 1. The van der Waals surface area contributed by atoms with Gasteiger partial charge in [-0.2, -0.15) is 0 Å². The van der Waals surface area contributed by atoms with Crippen molar-refractivity contribution in [3.63, 3.8) is 0 Å². The van der Waals surface area contributed by atoms with Crippen LogP contribution in [0.5, 0.6) is 0 Å². The molecule has 0 heterocycles. The van der Waals surface area contributed by atoms with E-state index in [-0.39, 0.29) is 11.4 Å². The molecule has 0 aliphatic rings. The molecule has 0 unspecified atom stereocenters. The zero-order valence-electron chi connectivity index (χ0n) is 12.6. The van der Waals surface area contributed by atoms with Crippen LogP contribution in [-0.2, 0) is 25.7 Å². The van der Waals surface area contributed by atoms with Crippen LogP contribution in [0, 0.1) is 0 Å². The second-order valence-electron chi connectivity index (χ2n) is 4.63. The van der Waals surface area contributed by atoms with E-state index in [1.807, 2.05) is 30.3 Å². The van der Waals surface area contributed by atoms with Crippen molar-refractivity contribution < 1.29 is 19.1 Å². The Hall–Kier alpha value is -2.75. The predicted molar refractivity (Wildman–Crippen MR) is 84.0 cm³/mol. The molecule has 22 heavy (non-hydrogen) atoms. The Kier molecular flexibility index (Phi) is 7.26. The zero-order chi connectivity index (χ0) is 16.4.